The Morgan fingerprint density at radius 3 is 2.60 bits per heavy atom. The van der Waals surface area contributed by atoms with Gasteiger partial charge in [-0.05, 0) is 44.5 Å². The first-order valence-corrected chi connectivity index (χ1v) is 7.26. The first kappa shape index (κ1) is 16.6. The molecule has 0 fully saturated rings. The lowest BCUT2D eigenvalue weighted by Crippen LogP contribution is -2.17. The summed E-state index contributed by atoms with van der Waals surface area (Å²) in [6.45, 7) is 3.76. The van der Waals surface area contributed by atoms with Gasteiger partial charge in [0, 0.05) is 11.6 Å². The van der Waals surface area contributed by atoms with Gasteiger partial charge in [-0.2, -0.15) is 0 Å². The summed E-state index contributed by atoms with van der Waals surface area (Å²) in [5, 5.41) is 3.38. The summed E-state index contributed by atoms with van der Waals surface area (Å²) < 4.78 is 10.8. The molecule has 1 N–H and O–H groups in total. The molecule has 0 aliphatic carbocycles. The fraction of sp³-hybridized carbons (Fsp3) is 0.529. The SMILES string of the molecule is C=CCCCCCC(NC)c1cc(OC)ccc1OC. The van der Waals surface area contributed by atoms with Gasteiger partial charge in [0.15, 0.2) is 0 Å². The molecular weight excluding hydrogens is 250 g/mol. The van der Waals surface area contributed by atoms with Gasteiger partial charge in [-0.15, -0.1) is 6.58 Å². The van der Waals surface area contributed by atoms with E-state index in [0.29, 0.717) is 6.04 Å². The molecule has 1 rings (SSSR count). The third-order valence-electron chi connectivity index (χ3n) is 3.56. The zero-order chi connectivity index (χ0) is 14.8. The molecule has 0 amide bonds. The maximum atomic E-state index is 5.46. The molecule has 0 radical (unpaired) electrons. The fourth-order valence-electron chi connectivity index (χ4n) is 2.38. The van der Waals surface area contributed by atoms with Crippen molar-refractivity contribution in [3.8, 4) is 11.5 Å². The van der Waals surface area contributed by atoms with Crippen molar-refractivity contribution in [3.63, 3.8) is 0 Å². The molecule has 1 aromatic rings. The summed E-state index contributed by atoms with van der Waals surface area (Å²) in [7, 11) is 5.39. The third kappa shape index (κ3) is 4.89. The molecule has 0 bridgehead atoms. The highest BCUT2D eigenvalue weighted by Crippen LogP contribution is 2.31. The summed E-state index contributed by atoms with van der Waals surface area (Å²) in [5.41, 5.74) is 1.16. The van der Waals surface area contributed by atoms with Gasteiger partial charge in [-0.3, -0.25) is 0 Å². The van der Waals surface area contributed by atoms with Crippen LogP contribution in [0.1, 0.15) is 43.7 Å². The monoisotopic (exact) mass is 277 g/mol. The highest BCUT2D eigenvalue weighted by atomic mass is 16.5. The van der Waals surface area contributed by atoms with Crippen molar-refractivity contribution in [2.75, 3.05) is 21.3 Å². The highest BCUT2D eigenvalue weighted by Gasteiger charge is 2.15. The fourth-order valence-corrected chi connectivity index (χ4v) is 2.38. The van der Waals surface area contributed by atoms with Crippen LogP contribution >= 0.6 is 0 Å². The van der Waals surface area contributed by atoms with E-state index in [4.69, 9.17) is 9.47 Å². The van der Waals surface area contributed by atoms with Crippen molar-refractivity contribution in [1.29, 1.82) is 0 Å². The van der Waals surface area contributed by atoms with E-state index in [1.165, 1.54) is 19.3 Å². The summed E-state index contributed by atoms with van der Waals surface area (Å²) in [4.78, 5) is 0. The van der Waals surface area contributed by atoms with E-state index < -0.39 is 0 Å². The quantitative estimate of drug-likeness (QED) is 0.516. The second-order valence-corrected chi connectivity index (χ2v) is 4.88. The molecule has 0 saturated carbocycles. The first-order chi connectivity index (χ1) is 9.76. The van der Waals surface area contributed by atoms with Gasteiger partial charge in [0.2, 0.25) is 0 Å². The minimum Gasteiger partial charge on any atom is -0.497 e. The second-order valence-electron chi connectivity index (χ2n) is 4.88. The van der Waals surface area contributed by atoms with Crippen LogP contribution in [0.3, 0.4) is 0 Å². The van der Waals surface area contributed by atoms with Crippen molar-refractivity contribution < 1.29 is 9.47 Å². The highest BCUT2D eigenvalue weighted by molar-refractivity contribution is 5.42. The molecule has 3 heteroatoms. The van der Waals surface area contributed by atoms with Crippen LogP contribution in [0.2, 0.25) is 0 Å². The van der Waals surface area contributed by atoms with Crippen molar-refractivity contribution in [1.82, 2.24) is 5.32 Å². The number of rotatable bonds is 10. The van der Waals surface area contributed by atoms with E-state index in [0.717, 1.165) is 29.9 Å². The molecule has 0 aromatic heterocycles. The van der Waals surface area contributed by atoms with Gasteiger partial charge in [-0.1, -0.05) is 18.9 Å². The molecule has 0 aliphatic rings. The molecule has 0 spiro atoms. The molecule has 0 aliphatic heterocycles. The number of nitrogens with one attached hydrogen (secondary N) is 1. The minimum absolute atomic E-state index is 0.295. The summed E-state index contributed by atoms with van der Waals surface area (Å²) in [5.74, 6) is 1.78. The maximum Gasteiger partial charge on any atom is 0.123 e. The summed E-state index contributed by atoms with van der Waals surface area (Å²) >= 11 is 0. The van der Waals surface area contributed by atoms with Crippen LogP contribution in [-0.2, 0) is 0 Å². The lowest BCUT2D eigenvalue weighted by atomic mass is 9.99. The number of hydrogen-bond donors (Lipinski definition) is 1. The Balaban J connectivity index is 2.69. The largest absolute Gasteiger partial charge is 0.497 e. The smallest absolute Gasteiger partial charge is 0.123 e. The van der Waals surface area contributed by atoms with Crippen LogP contribution in [0.25, 0.3) is 0 Å². The topological polar surface area (TPSA) is 30.5 Å². The normalized spacial score (nSPS) is 11.9. The minimum atomic E-state index is 0.295. The molecule has 112 valence electrons. The standard InChI is InChI=1S/C17H27NO2/c1-5-6-7-8-9-10-16(18-2)15-13-14(19-3)11-12-17(15)20-4/h5,11-13,16,18H,1,6-10H2,2-4H3. The van der Waals surface area contributed by atoms with Gasteiger partial charge in [0.25, 0.3) is 0 Å². The Kier molecular flexibility index (Phi) is 7.81. The number of hydrogen-bond acceptors (Lipinski definition) is 3. The predicted octanol–water partition coefficient (Wildman–Crippen LogP) is 4.10. The van der Waals surface area contributed by atoms with E-state index in [1.807, 2.05) is 25.3 Å². The van der Waals surface area contributed by atoms with Crippen molar-refractivity contribution >= 4 is 0 Å². The Bertz CT molecular complexity index is 404. The van der Waals surface area contributed by atoms with Gasteiger partial charge >= 0.3 is 0 Å². The Labute approximate surface area is 123 Å². The number of methoxy groups -OCH3 is 2. The number of benzene rings is 1. The van der Waals surface area contributed by atoms with Crippen LogP contribution in [0.4, 0.5) is 0 Å². The van der Waals surface area contributed by atoms with E-state index in [-0.39, 0.29) is 0 Å². The lowest BCUT2D eigenvalue weighted by molar-refractivity contribution is 0.387. The Morgan fingerprint density at radius 2 is 2.00 bits per heavy atom. The van der Waals surface area contributed by atoms with Crippen LogP contribution in [0.5, 0.6) is 11.5 Å². The van der Waals surface area contributed by atoms with Crippen LogP contribution in [0.15, 0.2) is 30.9 Å². The van der Waals surface area contributed by atoms with Gasteiger partial charge < -0.3 is 14.8 Å². The molecule has 1 unspecified atom stereocenters. The molecule has 1 atom stereocenters. The zero-order valence-corrected chi connectivity index (χ0v) is 12.9. The first-order valence-electron chi connectivity index (χ1n) is 7.26. The number of allylic oxidation sites excluding steroid dienone is 1. The lowest BCUT2D eigenvalue weighted by Gasteiger charge is -2.20. The molecular formula is C17H27NO2. The van der Waals surface area contributed by atoms with E-state index >= 15 is 0 Å². The zero-order valence-electron chi connectivity index (χ0n) is 12.9. The van der Waals surface area contributed by atoms with Crippen molar-refractivity contribution in [2.24, 2.45) is 0 Å². The molecule has 1 aromatic carbocycles. The predicted molar refractivity (Wildman–Crippen MR) is 84.6 cm³/mol. The van der Waals surface area contributed by atoms with Gasteiger partial charge in [0.1, 0.15) is 11.5 Å². The van der Waals surface area contributed by atoms with E-state index in [9.17, 15) is 0 Å². The Hall–Kier alpha value is -1.48. The molecule has 0 heterocycles. The second kappa shape index (κ2) is 9.43. The van der Waals surface area contributed by atoms with Crippen LogP contribution in [0, 0.1) is 0 Å². The summed E-state index contributed by atoms with van der Waals surface area (Å²) in [6.07, 6.45) is 7.83. The van der Waals surface area contributed by atoms with Gasteiger partial charge in [0.05, 0.1) is 14.2 Å². The average molecular weight is 277 g/mol. The summed E-state index contributed by atoms with van der Waals surface area (Å²) in [6, 6.07) is 6.25. The third-order valence-corrected chi connectivity index (χ3v) is 3.56. The van der Waals surface area contributed by atoms with E-state index in [1.54, 1.807) is 14.2 Å². The van der Waals surface area contributed by atoms with Crippen LogP contribution < -0.4 is 14.8 Å². The average Bonchev–Trinajstić information content (AvgIpc) is 2.50. The Morgan fingerprint density at radius 1 is 1.20 bits per heavy atom. The van der Waals surface area contributed by atoms with Crippen LogP contribution in [-0.4, -0.2) is 21.3 Å². The maximum absolute atomic E-state index is 5.46. The molecule has 20 heavy (non-hydrogen) atoms. The van der Waals surface area contributed by atoms with Gasteiger partial charge in [-0.25, -0.2) is 0 Å². The molecule has 0 saturated heterocycles. The van der Waals surface area contributed by atoms with Crippen molar-refractivity contribution in [3.05, 3.63) is 36.4 Å². The number of unbranched alkanes of at least 4 members (excludes halogenated alkanes) is 3. The van der Waals surface area contributed by atoms with Crippen molar-refractivity contribution in [2.45, 2.75) is 38.1 Å². The van der Waals surface area contributed by atoms with E-state index in [2.05, 4.69) is 18.0 Å². The number of ether oxygens (including phenoxy) is 2. The molecule has 3 nitrogen and oxygen atoms in total.